The molecule has 6 nitrogen and oxygen atoms in total. The highest BCUT2D eigenvalue weighted by Gasteiger charge is 2.26. The Kier molecular flexibility index (Phi) is 3.22. The summed E-state index contributed by atoms with van der Waals surface area (Å²) in [5, 5.41) is 17.4. The van der Waals surface area contributed by atoms with E-state index in [0.29, 0.717) is 0 Å². The van der Waals surface area contributed by atoms with Gasteiger partial charge in [0.25, 0.3) is 0 Å². The molecule has 0 spiro atoms. The zero-order valence-corrected chi connectivity index (χ0v) is 9.81. The number of hydrogen-bond acceptors (Lipinski definition) is 4. The summed E-state index contributed by atoms with van der Waals surface area (Å²) in [4.78, 5) is 25.1. The Balaban J connectivity index is 2.64. The summed E-state index contributed by atoms with van der Waals surface area (Å²) in [5.41, 5.74) is -1.02. The summed E-state index contributed by atoms with van der Waals surface area (Å²) in [6, 6.07) is 3.91. The van der Waals surface area contributed by atoms with Crippen LogP contribution in [0.5, 0.6) is 0 Å². The van der Waals surface area contributed by atoms with Crippen molar-refractivity contribution in [1.82, 2.24) is 4.98 Å². The fourth-order valence-corrected chi connectivity index (χ4v) is 1.57. The summed E-state index contributed by atoms with van der Waals surface area (Å²) < 4.78 is 18.5. The number of oxazole rings is 1. The van der Waals surface area contributed by atoms with Gasteiger partial charge in [0.15, 0.2) is 5.82 Å². The molecular formula is C11H5ClFNO5. The standard InChI is InChI=1S/C11H5ClFNO5/c12-5-3-1-2-4(6(5)13)9-14-7(10(15)16)8(19-9)11(17)18/h1-3H,(H,15,16)(H,17,18). The lowest BCUT2D eigenvalue weighted by Crippen LogP contribution is -2.05. The lowest BCUT2D eigenvalue weighted by Gasteiger charge is -1.98. The third-order valence-electron chi connectivity index (χ3n) is 2.21. The Hall–Kier alpha value is -2.41. The number of aromatic nitrogens is 1. The van der Waals surface area contributed by atoms with E-state index >= 15 is 0 Å². The van der Waals surface area contributed by atoms with E-state index in [9.17, 15) is 14.0 Å². The highest BCUT2D eigenvalue weighted by Crippen LogP contribution is 2.28. The van der Waals surface area contributed by atoms with Crippen LogP contribution in [0.3, 0.4) is 0 Å². The lowest BCUT2D eigenvalue weighted by atomic mass is 10.2. The van der Waals surface area contributed by atoms with Crippen LogP contribution in [0.15, 0.2) is 22.6 Å². The molecule has 0 aliphatic carbocycles. The first kappa shape index (κ1) is 13.0. The van der Waals surface area contributed by atoms with E-state index in [2.05, 4.69) is 4.98 Å². The first-order chi connectivity index (χ1) is 8.91. The Bertz CT molecular complexity index is 650. The van der Waals surface area contributed by atoms with Gasteiger partial charge in [0.2, 0.25) is 17.3 Å². The highest BCUT2D eigenvalue weighted by molar-refractivity contribution is 6.31. The average Bonchev–Trinajstić information content (AvgIpc) is 2.77. The lowest BCUT2D eigenvalue weighted by molar-refractivity contribution is 0.0624. The van der Waals surface area contributed by atoms with Gasteiger partial charge < -0.3 is 14.6 Å². The number of nitrogens with zero attached hydrogens (tertiary/aromatic N) is 1. The monoisotopic (exact) mass is 285 g/mol. The number of benzene rings is 1. The maximum Gasteiger partial charge on any atom is 0.374 e. The van der Waals surface area contributed by atoms with E-state index in [1.54, 1.807) is 0 Å². The van der Waals surface area contributed by atoms with E-state index < -0.39 is 35.1 Å². The molecule has 19 heavy (non-hydrogen) atoms. The van der Waals surface area contributed by atoms with E-state index in [-0.39, 0.29) is 10.6 Å². The summed E-state index contributed by atoms with van der Waals surface area (Å²) in [6.07, 6.45) is 0. The second kappa shape index (κ2) is 4.69. The van der Waals surface area contributed by atoms with E-state index in [1.165, 1.54) is 18.2 Å². The molecule has 2 N–H and O–H groups in total. The summed E-state index contributed by atoms with van der Waals surface area (Å²) >= 11 is 5.56. The molecule has 2 aromatic rings. The maximum absolute atomic E-state index is 13.7. The predicted octanol–water partition coefficient (Wildman–Crippen LogP) is 2.53. The molecule has 0 unspecified atom stereocenters. The van der Waals surface area contributed by atoms with E-state index in [4.69, 9.17) is 26.2 Å². The summed E-state index contributed by atoms with van der Waals surface area (Å²) in [7, 11) is 0. The SMILES string of the molecule is O=C(O)c1nc(-c2cccc(Cl)c2F)oc1C(=O)O. The van der Waals surface area contributed by atoms with Crippen molar-refractivity contribution in [3.63, 3.8) is 0 Å². The molecular weight excluding hydrogens is 281 g/mol. The van der Waals surface area contributed by atoms with Crippen molar-refractivity contribution in [3.05, 3.63) is 40.5 Å². The van der Waals surface area contributed by atoms with Crippen LogP contribution in [-0.2, 0) is 0 Å². The van der Waals surface area contributed by atoms with Crippen molar-refractivity contribution in [3.8, 4) is 11.5 Å². The number of carbonyl (C=O) groups is 2. The quantitative estimate of drug-likeness (QED) is 0.898. The molecule has 0 saturated carbocycles. The normalized spacial score (nSPS) is 10.4. The molecule has 0 aliphatic rings. The number of carboxylic acids is 2. The van der Waals surface area contributed by atoms with Gasteiger partial charge in [-0.2, -0.15) is 0 Å². The topological polar surface area (TPSA) is 101 Å². The van der Waals surface area contributed by atoms with Crippen LogP contribution in [0, 0.1) is 5.82 Å². The molecule has 8 heteroatoms. The predicted molar refractivity (Wildman–Crippen MR) is 60.8 cm³/mol. The highest BCUT2D eigenvalue weighted by atomic mass is 35.5. The van der Waals surface area contributed by atoms with Gasteiger partial charge in [-0.05, 0) is 12.1 Å². The number of halogens is 2. The number of carboxylic acid groups (broad SMARTS) is 2. The zero-order valence-electron chi connectivity index (χ0n) is 9.05. The summed E-state index contributed by atoms with van der Waals surface area (Å²) in [6.45, 7) is 0. The Morgan fingerprint density at radius 3 is 2.47 bits per heavy atom. The van der Waals surface area contributed by atoms with Gasteiger partial charge in [0.1, 0.15) is 0 Å². The van der Waals surface area contributed by atoms with Gasteiger partial charge in [-0.1, -0.05) is 17.7 Å². The number of aromatic carboxylic acids is 2. The number of rotatable bonds is 3. The largest absolute Gasteiger partial charge is 0.476 e. The van der Waals surface area contributed by atoms with E-state index in [1.807, 2.05) is 0 Å². The Morgan fingerprint density at radius 1 is 1.26 bits per heavy atom. The molecule has 0 radical (unpaired) electrons. The van der Waals surface area contributed by atoms with Crippen LogP contribution >= 0.6 is 11.6 Å². The molecule has 0 amide bonds. The molecule has 98 valence electrons. The van der Waals surface area contributed by atoms with E-state index in [0.717, 1.165) is 0 Å². The van der Waals surface area contributed by atoms with Gasteiger partial charge in [-0.15, -0.1) is 0 Å². The van der Waals surface area contributed by atoms with Crippen molar-refractivity contribution >= 4 is 23.5 Å². The molecule has 2 rings (SSSR count). The first-order valence-electron chi connectivity index (χ1n) is 4.83. The fourth-order valence-electron chi connectivity index (χ4n) is 1.39. The maximum atomic E-state index is 13.7. The van der Waals surface area contributed by atoms with Crippen LogP contribution in [-0.4, -0.2) is 27.1 Å². The van der Waals surface area contributed by atoms with Crippen molar-refractivity contribution < 1.29 is 28.6 Å². The molecule has 0 saturated heterocycles. The molecule has 1 heterocycles. The van der Waals surface area contributed by atoms with Crippen molar-refractivity contribution in [2.75, 3.05) is 0 Å². The van der Waals surface area contributed by atoms with Gasteiger partial charge >= 0.3 is 11.9 Å². The molecule has 0 aliphatic heterocycles. The van der Waals surface area contributed by atoms with Gasteiger partial charge in [0.05, 0.1) is 10.6 Å². The minimum Gasteiger partial charge on any atom is -0.476 e. The fraction of sp³-hybridized carbons (Fsp3) is 0. The first-order valence-corrected chi connectivity index (χ1v) is 5.21. The third kappa shape index (κ3) is 2.27. The van der Waals surface area contributed by atoms with Crippen molar-refractivity contribution in [2.45, 2.75) is 0 Å². The van der Waals surface area contributed by atoms with Crippen LogP contribution < -0.4 is 0 Å². The Labute approximate surface area is 110 Å². The second-order valence-corrected chi connectivity index (χ2v) is 3.82. The Morgan fingerprint density at radius 2 is 1.95 bits per heavy atom. The van der Waals surface area contributed by atoms with Crippen LogP contribution in [0.2, 0.25) is 5.02 Å². The van der Waals surface area contributed by atoms with Crippen LogP contribution in [0.4, 0.5) is 4.39 Å². The molecule has 1 aromatic carbocycles. The average molecular weight is 286 g/mol. The van der Waals surface area contributed by atoms with Crippen LogP contribution in [0.1, 0.15) is 21.0 Å². The van der Waals surface area contributed by atoms with Gasteiger partial charge in [0, 0.05) is 0 Å². The molecule has 0 atom stereocenters. The number of hydrogen-bond donors (Lipinski definition) is 2. The molecule has 1 aromatic heterocycles. The minimum absolute atomic E-state index is 0.218. The summed E-state index contributed by atoms with van der Waals surface area (Å²) in [5.74, 6) is -5.41. The van der Waals surface area contributed by atoms with Gasteiger partial charge in [-0.25, -0.2) is 19.0 Å². The molecule has 0 fully saturated rings. The van der Waals surface area contributed by atoms with Crippen molar-refractivity contribution in [1.29, 1.82) is 0 Å². The second-order valence-electron chi connectivity index (χ2n) is 3.41. The van der Waals surface area contributed by atoms with Crippen molar-refractivity contribution in [2.24, 2.45) is 0 Å². The van der Waals surface area contributed by atoms with Crippen LogP contribution in [0.25, 0.3) is 11.5 Å². The minimum atomic E-state index is -1.61. The molecule has 0 bridgehead atoms. The smallest absolute Gasteiger partial charge is 0.374 e. The van der Waals surface area contributed by atoms with Gasteiger partial charge in [-0.3, -0.25) is 0 Å². The third-order valence-corrected chi connectivity index (χ3v) is 2.50. The zero-order chi connectivity index (χ0) is 14.2.